The van der Waals surface area contributed by atoms with Crippen LogP contribution in [0.3, 0.4) is 0 Å². The number of hydrazine groups is 1. The number of rotatable bonds is 3. The fourth-order valence-corrected chi connectivity index (χ4v) is 2.21. The first kappa shape index (κ1) is 11.9. The van der Waals surface area contributed by atoms with Gasteiger partial charge in [0.1, 0.15) is 5.82 Å². The van der Waals surface area contributed by atoms with Crippen LogP contribution in [0.25, 0.3) is 0 Å². The number of nitrogens with one attached hydrogen (secondary N) is 1. The van der Waals surface area contributed by atoms with Crippen LogP contribution in [0, 0.1) is 15.3 Å². The molecule has 0 fully saturated rings. The Balaban J connectivity index is 3.04. The Morgan fingerprint density at radius 1 is 1.43 bits per heavy atom. The lowest BCUT2D eigenvalue weighted by Crippen LogP contribution is -2.32. The second-order valence-corrected chi connectivity index (χ2v) is 4.72. The molecule has 14 heavy (non-hydrogen) atoms. The summed E-state index contributed by atoms with van der Waals surface area (Å²) in [6.07, 6.45) is 0. The van der Waals surface area contributed by atoms with Crippen LogP contribution in [0.5, 0.6) is 0 Å². The molecule has 2 nitrogen and oxygen atoms in total. The molecule has 1 rings (SSSR count). The van der Waals surface area contributed by atoms with E-state index < -0.39 is 0 Å². The molecule has 1 aromatic carbocycles. The number of hydrogen-bond acceptors (Lipinski definition) is 2. The summed E-state index contributed by atoms with van der Waals surface area (Å²) in [7, 11) is 0. The Kier molecular flexibility index (Phi) is 4.28. The monoisotopic (exact) mass is 308 g/mol. The predicted octanol–water partition coefficient (Wildman–Crippen LogP) is 2.59. The van der Waals surface area contributed by atoms with Crippen LogP contribution >= 0.6 is 22.6 Å². The van der Waals surface area contributed by atoms with Crippen LogP contribution in [-0.2, 0) is 0 Å². The van der Waals surface area contributed by atoms with E-state index >= 15 is 0 Å². The number of nitrogens with two attached hydrogens (primary N) is 1. The van der Waals surface area contributed by atoms with Crippen LogP contribution in [0.1, 0.15) is 25.5 Å². The normalized spacial score (nSPS) is 13.3. The van der Waals surface area contributed by atoms with E-state index in [9.17, 15) is 4.39 Å². The predicted molar refractivity (Wildman–Crippen MR) is 64.0 cm³/mol. The Morgan fingerprint density at radius 2 is 2.07 bits per heavy atom. The van der Waals surface area contributed by atoms with Gasteiger partial charge >= 0.3 is 0 Å². The average Bonchev–Trinajstić information content (AvgIpc) is 2.09. The Morgan fingerprint density at radius 3 is 2.50 bits per heavy atom. The zero-order valence-electron chi connectivity index (χ0n) is 8.22. The van der Waals surface area contributed by atoms with Gasteiger partial charge in [0.25, 0.3) is 0 Å². The zero-order chi connectivity index (χ0) is 10.7. The third kappa shape index (κ3) is 2.65. The molecule has 0 aliphatic carbocycles. The van der Waals surface area contributed by atoms with Gasteiger partial charge in [-0.1, -0.05) is 19.9 Å². The molecule has 1 aromatic rings. The Hall–Kier alpha value is -0.200. The van der Waals surface area contributed by atoms with E-state index in [0.717, 1.165) is 9.13 Å². The molecule has 0 saturated carbocycles. The third-order valence-electron chi connectivity index (χ3n) is 2.14. The molecule has 0 saturated heterocycles. The van der Waals surface area contributed by atoms with Crippen LogP contribution in [-0.4, -0.2) is 0 Å². The van der Waals surface area contributed by atoms with Crippen molar-refractivity contribution in [2.24, 2.45) is 11.8 Å². The van der Waals surface area contributed by atoms with E-state index in [4.69, 9.17) is 5.84 Å². The average molecular weight is 308 g/mol. The molecule has 0 heterocycles. The SMILES string of the molecule is CC(C)C(NN)c1ccc(F)cc1I. The van der Waals surface area contributed by atoms with Crippen molar-refractivity contribution in [3.63, 3.8) is 0 Å². The molecule has 4 heteroatoms. The van der Waals surface area contributed by atoms with Crippen molar-refractivity contribution in [1.82, 2.24) is 5.43 Å². The number of halogens is 2. The standard InChI is InChI=1S/C10H14FIN2/c1-6(2)10(14-13)8-4-3-7(11)5-9(8)12/h3-6,10,14H,13H2,1-2H3. The maximum Gasteiger partial charge on any atom is 0.124 e. The lowest BCUT2D eigenvalue weighted by molar-refractivity contribution is 0.419. The number of benzene rings is 1. The van der Waals surface area contributed by atoms with E-state index in [0.29, 0.717) is 5.92 Å². The molecule has 0 bridgehead atoms. The molecule has 0 aliphatic heterocycles. The first-order valence-electron chi connectivity index (χ1n) is 4.47. The van der Waals surface area contributed by atoms with Gasteiger partial charge in [0.2, 0.25) is 0 Å². The van der Waals surface area contributed by atoms with Crippen molar-refractivity contribution in [3.8, 4) is 0 Å². The fourth-order valence-electron chi connectivity index (χ4n) is 1.40. The van der Waals surface area contributed by atoms with E-state index in [-0.39, 0.29) is 11.9 Å². The highest BCUT2D eigenvalue weighted by atomic mass is 127. The van der Waals surface area contributed by atoms with Crippen LogP contribution in [0.2, 0.25) is 0 Å². The van der Waals surface area contributed by atoms with Gasteiger partial charge in [-0.25, -0.2) is 4.39 Å². The highest BCUT2D eigenvalue weighted by molar-refractivity contribution is 14.1. The maximum absolute atomic E-state index is 12.9. The smallest absolute Gasteiger partial charge is 0.124 e. The van der Waals surface area contributed by atoms with E-state index in [2.05, 4.69) is 41.9 Å². The molecule has 0 spiro atoms. The summed E-state index contributed by atoms with van der Waals surface area (Å²) in [6, 6.07) is 4.83. The van der Waals surface area contributed by atoms with Crippen molar-refractivity contribution >= 4 is 22.6 Å². The molecule has 1 unspecified atom stereocenters. The van der Waals surface area contributed by atoms with Crippen molar-refractivity contribution in [2.75, 3.05) is 0 Å². The van der Waals surface area contributed by atoms with Gasteiger partial charge in [-0.2, -0.15) is 0 Å². The largest absolute Gasteiger partial charge is 0.271 e. The lowest BCUT2D eigenvalue weighted by Gasteiger charge is -2.21. The molecule has 1 atom stereocenters. The minimum absolute atomic E-state index is 0.0718. The topological polar surface area (TPSA) is 38.0 Å². The lowest BCUT2D eigenvalue weighted by atomic mass is 9.97. The van der Waals surface area contributed by atoms with Crippen LogP contribution in [0.4, 0.5) is 4.39 Å². The molecule has 0 aromatic heterocycles. The van der Waals surface area contributed by atoms with Gasteiger partial charge < -0.3 is 0 Å². The summed E-state index contributed by atoms with van der Waals surface area (Å²) < 4.78 is 13.8. The first-order valence-corrected chi connectivity index (χ1v) is 5.55. The summed E-state index contributed by atoms with van der Waals surface area (Å²) in [5.41, 5.74) is 3.80. The van der Waals surface area contributed by atoms with E-state index in [1.165, 1.54) is 12.1 Å². The fraction of sp³-hybridized carbons (Fsp3) is 0.400. The van der Waals surface area contributed by atoms with Crippen molar-refractivity contribution in [1.29, 1.82) is 0 Å². The highest BCUT2D eigenvalue weighted by Gasteiger charge is 2.16. The second kappa shape index (κ2) is 5.04. The van der Waals surface area contributed by atoms with Crippen molar-refractivity contribution < 1.29 is 4.39 Å². The van der Waals surface area contributed by atoms with E-state index in [1.54, 1.807) is 6.07 Å². The van der Waals surface area contributed by atoms with E-state index in [1.807, 2.05) is 0 Å². The molecular formula is C10H14FIN2. The van der Waals surface area contributed by atoms with Crippen LogP contribution < -0.4 is 11.3 Å². The minimum Gasteiger partial charge on any atom is -0.271 e. The Labute approximate surface area is 97.2 Å². The van der Waals surface area contributed by atoms with Crippen molar-refractivity contribution in [3.05, 3.63) is 33.1 Å². The summed E-state index contributed by atoms with van der Waals surface area (Å²) in [5, 5.41) is 0. The summed E-state index contributed by atoms with van der Waals surface area (Å²) >= 11 is 2.12. The molecule has 3 N–H and O–H groups in total. The Bertz CT molecular complexity index is 315. The first-order chi connectivity index (χ1) is 6.56. The van der Waals surface area contributed by atoms with Gasteiger partial charge in [-0.3, -0.25) is 11.3 Å². The zero-order valence-corrected chi connectivity index (χ0v) is 10.4. The number of hydrogen-bond donors (Lipinski definition) is 2. The highest BCUT2D eigenvalue weighted by Crippen LogP contribution is 2.25. The molecule has 0 amide bonds. The van der Waals surface area contributed by atoms with Gasteiger partial charge in [0.05, 0.1) is 0 Å². The van der Waals surface area contributed by atoms with Crippen molar-refractivity contribution in [2.45, 2.75) is 19.9 Å². The minimum atomic E-state index is -0.210. The van der Waals surface area contributed by atoms with Gasteiger partial charge in [-0.05, 0) is 46.2 Å². The van der Waals surface area contributed by atoms with Crippen LogP contribution in [0.15, 0.2) is 18.2 Å². The van der Waals surface area contributed by atoms with Gasteiger partial charge in [-0.15, -0.1) is 0 Å². The summed E-state index contributed by atoms with van der Waals surface area (Å²) in [6.45, 7) is 4.15. The summed E-state index contributed by atoms with van der Waals surface area (Å²) in [4.78, 5) is 0. The molecule has 0 aliphatic rings. The maximum atomic E-state index is 12.9. The molecule has 0 radical (unpaired) electrons. The third-order valence-corrected chi connectivity index (χ3v) is 3.08. The summed E-state index contributed by atoms with van der Waals surface area (Å²) in [5.74, 6) is 5.63. The quantitative estimate of drug-likeness (QED) is 0.512. The van der Waals surface area contributed by atoms with Gasteiger partial charge in [0.15, 0.2) is 0 Å². The molecular weight excluding hydrogens is 294 g/mol. The molecule has 78 valence electrons. The second-order valence-electron chi connectivity index (χ2n) is 3.55. The van der Waals surface area contributed by atoms with Gasteiger partial charge in [0, 0.05) is 9.61 Å².